The minimum Gasteiger partial charge on any atom is -0.353 e. The van der Waals surface area contributed by atoms with Gasteiger partial charge in [-0.3, -0.25) is 0 Å². The average molecular weight is 220 g/mol. The number of likely N-dealkylation sites (tertiary alicyclic amines) is 1. The van der Waals surface area contributed by atoms with Crippen LogP contribution in [0.2, 0.25) is 0 Å². The predicted molar refractivity (Wildman–Crippen MR) is 65.4 cm³/mol. The van der Waals surface area contributed by atoms with Gasteiger partial charge in [0, 0.05) is 25.5 Å². The van der Waals surface area contributed by atoms with Crippen molar-refractivity contribution in [2.75, 3.05) is 31.5 Å². The lowest BCUT2D eigenvalue weighted by atomic mass is 9.99. The molecular formula is C12H20N4. The highest BCUT2D eigenvalue weighted by Crippen LogP contribution is 2.15. The van der Waals surface area contributed by atoms with Crippen LogP contribution in [0, 0.1) is 5.92 Å². The van der Waals surface area contributed by atoms with Gasteiger partial charge in [0.25, 0.3) is 0 Å². The van der Waals surface area contributed by atoms with E-state index in [4.69, 9.17) is 0 Å². The summed E-state index contributed by atoms with van der Waals surface area (Å²) in [5, 5.41) is 3.24. The van der Waals surface area contributed by atoms with E-state index in [2.05, 4.69) is 27.1 Å². The van der Waals surface area contributed by atoms with E-state index in [-0.39, 0.29) is 0 Å². The van der Waals surface area contributed by atoms with Crippen LogP contribution < -0.4 is 5.32 Å². The van der Waals surface area contributed by atoms with E-state index in [1.165, 1.54) is 25.9 Å². The van der Waals surface area contributed by atoms with Crippen molar-refractivity contribution in [3.63, 3.8) is 0 Å². The van der Waals surface area contributed by atoms with Crippen LogP contribution in [0.1, 0.15) is 19.8 Å². The molecule has 0 aliphatic carbocycles. The zero-order valence-corrected chi connectivity index (χ0v) is 9.89. The zero-order chi connectivity index (χ0) is 11.2. The summed E-state index contributed by atoms with van der Waals surface area (Å²) in [6, 6.07) is 1.83. The van der Waals surface area contributed by atoms with Crippen LogP contribution in [0.4, 0.5) is 5.95 Å². The maximum atomic E-state index is 4.13. The molecule has 0 aromatic carbocycles. The van der Waals surface area contributed by atoms with E-state index in [9.17, 15) is 0 Å². The fourth-order valence-corrected chi connectivity index (χ4v) is 2.00. The Labute approximate surface area is 97.1 Å². The smallest absolute Gasteiger partial charge is 0.222 e. The topological polar surface area (TPSA) is 41.0 Å². The number of rotatable bonds is 4. The van der Waals surface area contributed by atoms with Gasteiger partial charge in [-0.15, -0.1) is 0 Å². The molecule has 1 N–H and O–H groups in total. The van der Waals surface area contributed by atoms with E-state index >= 15 is 0 Å². The SMILES string of the molecule is CC1CCN(CCNc2ncccn2)CC1. The molecule has 0 bridgehead atoms. The Kier molecular flexibility index (Phi) is 4.10. The molecular weight excluding hydrogens is 200 g/mol. The van der Waals surface area contributed by atoms with Gasteiger partial charge in [0.2, 0.25) is 5.95 Å². The Hall–Kier alpha value is -1.16. The number of anilines is 1. The van der Waals surface area contributed by atoms with Gasteiger partial charge < -0.3 is 10.2 Å². The summed E-state index contributed by atoms with van der Waals surface area (Å²) in [6.07, 6.45) is 6.19. The molecule has 0 atom stereocenters. The third-order valence-corrected chi connectivity index (χ3v) is 3.15. The largest absolute Gasteiger partial charge is 0.353 e. The molecule has 1 aliphatic rings. The molecule has 2 rings (SSSR count). The highest BCUT2D eigenvalue weighted by Gasteiger charge is 2.14. The monoisotopic (exact) mass is 220 g/mol. The van der Waals surface area contributed by atoms with Crippen molar-refractivity contribution in [3.05, 3.63) is 18.5 Å². The normalized spacial score (nSPS) is 18.6. The molecule has 88 valence electrons. The Morgan fingerprint density at radius 3 is 2.69 bits per heavy atom. The van der Waals surface area contributed by atoms with Crippen LogP contribution in [0.5, 0.6) is 0 Å². The Morgan fingerprint density at radius 2 is 2.00 bits per heavy atom. The van der Waals surface area contributed by atoms with E-state index < -0.39 is 0 Å². The van der Waals surface area contributed by atoms with Gasteiger partial charge in [0.05, 0.1) is 0 Å². The van der Waals surface area contributed by atoms with Gasteiger partial charge in [-0.05, 0) is 37.9 Å². The Balaban J connectivity index is 1.65. The molecule has 0 amide bonds. The fraction of sp³-hybridized carbons (Fsp3) is 0.667. The first-order valence-corrected chi connectivity index (χ1v) is 6.08. The van der Waals surface area contributed by atoms with Gasteiger partial charge in [-0.1, -0.05) is 6.92 Å². The highest BCUT2D eigenvalue weighted by atomic mass is 15.2. The van der Waals surface area contributed by atoms with Crippen LogP contribution >= 0.6 is 0 Å². The summed E-state index contributed by atoms with van der Waals surface area (Å²) in [5.41, 5.74) is 0. The summed E-state index contributed by atoms with van der Waals surface area (Å²) < 4.78 is 0. The number of hydrogen-bond donors (Lipinski definition) is 1. The quantitative estimate of drug-likeness (QED) is 0.837. The van der Waals surface area contributed by atoms with Crippen LogP contribution in [0.3, 0.4) is 0 Å². The van der Waals surface area contributed by atoms with E-state index in [1.807, 2.05) is 6.07 Å². The molecule has 1 aliphatic heterocycles. The first-order chi connectivity index (χ1) is 7.84. The zero-order valence-electron chi connectivity index (χ0n) is 9.89. The summed E-state index contributed by atoms with van der Waals surface area (Å²) in [6.45, 7) is 6.83. The second kappa shape index (κ2) is 5.80. The van der Waals surface area contributed by atoms with Crippen molar-refractivity contribution in [3.8, 4) is 0 Å². The molecule has 2 heterocycles. The van der Waals surface area contributed by atoms with Crippen molar-refractivity contribution >= 4 is 5.95 Å². The molecule has 1 aromatic heterocycles. The van der Waals surface area contributed by atoms with Crippen molar-refractivity contribution in [2.24, 2.45) is 5.92 Å². The molecule has 0 unspecified atom stereocenters. The third-order valence-electron chi connectivity index (χ3n) is 3.15. The van der Waals surface area contributed by atoms with E-state index in [0.29, 0.717) is 0 Å². The number of aromatic nitrogens is 2. The van der Waals surface area contributed by atoms with Crippen LogP contribution in [0.25, 0.3) is 0 Å². The standard InChI is InChI=1S/C12H20N4/c1-11-3-8-16(9-4-11)10-7-15-12-13-5-2-6-14-12/h2,5-6,11H,3-4,7-10H2,1H3,(H,13,14,15). The summed E-state index contributed by atoms with van der Waals surface area (Å²) in [7, 11) is 0. The van der Waals surface area contributed by atoms with Crippen molar-refractivity contribution < 1.29 is 0 Å². The minimum atomic E-state index is 0.730. The average Bonchev–Trinajstić information content (AvgIpc) is 2.33. The Morgan fingerprint density at radius 1 is 1.31 bits per heavy atom. The number of hydrogen-bond acceptors (Lipinski definition) is 4. The number of piperidine rings is 1. The molecule has 16 heavy (non-hydrogen) atoms. The Bertz CT molecular complexity index is 293. The van der Waals surface area contributed by atoms with Crippen LogP contribution in [-0.4, -0.2) is 41.0 Å². The molecule has 1 fully saturated rings. The van der Waals surface area contributed by atoms with Crippen LogP contribution in [0.15, 0.2) is 18.5 Å². The summed E-state index contributed by atoms with van der Waals surface area (Å²) in [5.74, 6) is 1.63. The lowest BCUT2D eigenvalue weighted by Gasteiger charge is -2.30. The summed E-state index contributed by atoms with van der Waals surface area (Å²) in [4.78, 5) is 10.8. The second-order valence-corrected chi connectivity index (χ2v) is 4.52. The molecule has 0 radical (unpaired) electrons. The van der Waals surface area contributed by atoms with Gasteiger partial charge in [-0.2, -0.15) is 0 Å². The third kappa shape index (κ3) is 3.45. The highest BCUT2D eigenvalue weighted by molar-refractivity contribution is 5.21. The van der Waals surface area contributed by atoms with Crippen molar-refractivity contribution in [1.29, 1.82) is 0 Å². The fourth-order valence-electron chi connectivity index (χ4n) is 2.00. The maximum absolute atomic E-state index is 4.13. The lowest BCUT2D eigenvalue weighted by molar-refractivity contribution is 0.199. The number of nitrogens with one attached hydrogen (secondary N) is 1. The summed E-state index contributed by atoms with van der Waals surface area (Å²) >= 11 is 0. The lowest BCUT2D eigenvalue weighted by Crippen LogP contribution is -2.36. The van der Waals surface area contributed by atoms with E-state index in [0.717, 1.165) is 25.0 Å². The number of nitrogens with zero attached hydrogens (tertiary/aromatic N) is 3. The molecule has 0 spiro atoms. The van der Waals surface area contributed by atoms with Gasteiger partial charge in [0.1, 0.15) is 0 Å². The first-order valence-electron chi connectivity index (χ1n) is 6.08. The molecule has 4 nitrogen and oxygen atoms in total. The predicted octanol–water partition coefficient (Wildman–Crippen LogP) is 1.62. The van der Waals surface area contributed by atoms with Gasteiger partial charge in [-0.25, -0.2) is 9.97 Å². The van der Waals surface area contributed by atoms with Crippen molar-refractivity contribution in [2.45, 2.75) is 19.8 Å². The molecule has 1 saturated heterocycles. The van der Waals surface area contributed by atoms with Gasteiger partial charge in [0.15, 0.2) is 0 Å². The van der Waals surface area contributed by atoms with E-state index in [1.54, 1.807) is 12.4 Å². The minimum absolute atomic E-state index is 0.730. The maximum Gasteiger partial charge on any atom is 0.222 e. The first kappa shape index (κ1) is 11.3. The molecule has 4 heteroatoms. The molecule has 0 saturated carbocycles. The van der Waals surface area contributed by atoms with Crippen LogP contribution in [-0.2, 0) is 0 Å². The van der Waals surface area contributed by atoms with Gasteiger partial charge >= 0.3 is 0 Å². The van der Waals surface area contributed by atoms with Crippen molar-refractivity contribution in [1.82, 2.24) is 14.9 Å². The second-order valence-electron chi connectivity index (χ2n) is 4.52. The molecule has 1 aromatic rings.